The summed E-state index contributed by atoms with van der Waals surface area (Å²) in [6.45, 7) is 5.07. The molecule has 0 aromatic heterocycles. The number of nitrogens with zero attached hydrogens (tertiary/aromatic N) is 1. The van der Waals surface area contributed by atoms with Gasteiger partial charge in [-0.3, -0.25) is 0 Å². The highest BCUT2D eigenvalue weighted by molar-refractivity contribution is 5.68. The Labute approximate surface area is 118 Å². The Bertz CT molecular complexity index is 566. The van der Waals surface area contributed by atoms with E-state index in [9.17, 15) is 9.18 Å². The number of likely N-dealkylation sites (tertiary alicyclic amines) is 1. The number of amides is 1. The predicted molar refractivity (Wildman–Crippen MR) is 74.8 cm³/mol. The van der Waals surface area contributed by atoms with Crippen molar-refractivity contribution in [3.05, 3.63) is 35.1 Å². The molecule has 4 heteroatoms. The molecule has 0 atom stereocenters. The Morgan fingerprint density at radius 2 is 2.15 bits per heavy atom. The van der Waals surface area contributed by atoms with Crippen LogP contribution >= 0.6 is 0 Å². The molecule has 106 valence electrons. The fourth-order valence-corrected chi connectivity index (χ4v) is 2.11. The SMILES string of the molecule is COC(=O)N1CC(C#Cc2ccc(C(C)C)c(F)c2)C1. The van der Waals surface area contributed by atoms with Crippen LogP contribution in [0.2, 0.25) is 0 Å². The van der Waals surface area contributed by atoms with E-state index in [1.54, 1.807) is 11.0 Å². The van der Waals surface area contributed by atoms with E-state index in [4.69, 9.17) is 0 Å². The number of carbonyl (C=O) groups is 1. The molecule has 0 radical (unpaired) electrons. The molecule has 0 unspecified atom stereocenters. The second kappa shape index (κ2) is 5.96. The Balaban J connectivity index is 1.98. The molecule has 2 rings (SSSR count). The van der Waals surface area contributed by atoms with Gasteiger partial charge < -0.3 is 9.64 Å². The Hall–Kier alpha value is -2.02. The van der Waals surface area contributed by atoms with E-state index in [1.807, 2.05) is 19.9 Å². The van der Waals surface area contributed by atoms with Gasteiger partial charge in [0.1, 0.15) is 5.82 Å². The van der Waals surface area contributed by atoms with Crippen LogP contribution < -0.4 is 0 Å². The highest BCUT2D eigenvalue weighted by Crippen LogP contribution is 2.19. The van der Waals surface area contributed by atoms with Crippen LogP contribution in [-0.2, 0) is 4.74 Å². The number of halogens is 1. The summed E-state index contributed by atoms with van der Waals surface area (Å²) in [6, 6.07) is 5.09. The van der Waals surface area contributed by atoms with E-state index >= 15 is 0 Å². The molecule has 0 saturated carbocycles. The van der Waals surface area contributed by atoms with E-state index < -0.39 is 0 Å². The molecule has 1 aliphatic heterocycles. The van der Waals surface area contributed by atoms with Crippen molar-refractivity contribution in [1.82, 2.24) is 4.90 Å². The zero-order valence-corrected chi connectivity index (χ0v) is 11.9. The first-order valence-corrected chi connectivity index (χ1v) is 6.65. The van der Waals surface area contributed by atoms with Gasteiger partial charge in [-0.1, -0.05) is 31.8 Å². The van der Waals surface area contributed by atoms with Gasteiger partial charge in [0.05, 0.1) is 13.0 Å². The lowest BCUT2D eigenvalue weighted by atomic mass is 9.99. The standard InChI is InChI=1S/C16H18FNO2/c1-11(2)14-7-6-12(8-15(14)17)4-5-13-9-18(10-13)16(19)20-3/h6-8,11,13H,9-10H2,1-3H3. The highest BCUT2D eigenvalue weighted by Gasteiger charge is 2.29. The minimum absolute atomic E-state index is 0.141. The van der Waals surface area contributed by atoms with Crippen LogP contribution in [0.4, 0.5) is 9.18 Å². The molecule has 1 aliphatic rings. The molecule has 1 fully saturated rings. The van der Waals surface area contributed by atoms with Gasteiger partial charge in [0.2, 0.25) is 0 Å². The zero-order chi connectivity index (χ0) is 14.7. The summed E-state index contributed by atoms with van der Waals surface area (Å²) in [5, 5.41) is 0. The fraction of sp³-hybridized carbons (Fsp3) is 0.438. The number of rotatable bonds is 1. The topological polar surface area (TPSA) is 29.5 Å². The van der Waals surface area contributed by atoms with Gasteiger partial charge in [-0.15, -0.1) is 0 Å². The van der Waals surface area contributed by atoms with Crippen LogP contribution in [0.3, 0.4) is 0 Å². The number of ether oxygens (including phenoxy) is 1. The molecule has 20 heavy (non-hydrogen) atoms. The van der Waals surface area contributed by atoms with E-state index in [-0.39, 0.29) is 23.7 Å². The summed E-state index contributed by atoms with van der Waals surface area (Å²) in [5.41, 5.74) is 1.37. The summed E-state index contributed by atoms with van der Waals surface area (Å²) >= 11 is 0. The molecular weight excluding hydrogens is 257 g/mol. The van der Waals surface area contributed by atoms with Gasteiger partial charge in [0.15, 0.2) is 0 Å². The number of carbonyl (C=O) groups excluding carboxylic acids is 1. The van der Waals surface area contributed by atoms with Crippen LogP contribution in [0, 0.1) is 23.6 Å². The molecule has 0 N–H and O–H groups in total. The quantitative estimate of drug-likeness (QED) is 0.737. The summed E-state index contributed by atoms with van der Waals surface area (Å²) in [4.78, 5) is 12.8. The normalized spacial score (nSPS) is 14.6. The molecule has 1 heterocycles. The van der Waals surface area contributed by atoms with Gasteiger partial charge in [-0.05, 0) is 23.6 Å². The van der Waals surface area contributed by atoms with Crippen molar-refractivity contribution in [2.24, 2.45) is 5.92 Å². The van der Waals surface area contributed by atoms with Gasteiger partial charge in [-0.25, -0.2) is 9.18 Å². The average Bonchev–Trinajstić information content (AvgIpc) is 2.36. The zero-order valence-electron chi connectivity index (χ0n) is 11.9. The number of hydrogen-bond donors (Lipinski definition) is 0. The maximum atomic E-state index is 13.8. The molecule has 1 saturated heterocycles. The smallest absolute Gasteiger partial charge is 0.409 e. The van der Waals surface area contributed by atoms with Crippen molar-refractivity contribution in [1.29, 1.82) is 0 Å². The van der Waals surface area contributed by atoms with Gasteiger partial charge in [0.25, 0.3) is 0 Å². The lowest BCUT2D eigenvalue weighted by Gasteiger charge is -2.34. The molecule has 0 bridgehead atoms. The Morgan fingerprint density at radius 3 is 2.70 bits per heavy atom. The molecule has 1 aromatic rings. The number of methoxy groups -OCH3 is 1. The van der Waals surface area contributed by atoms with Crippen molar-refractivity contribution in [3.63, 3.8) is 0 Å². The Morgan fingerprint density at radius 1 is 1.45 bits per heavy atom. The first-order chi connectivity index (χ1) is 9.51. The number of hydrogen-bond acceptors (Lipinski definition) is 2. The summed E-state index contributed by atoms with van der Waals surface area (Å²) in [5.74, 6) is 6.11. The second-order valence-corrected chi connectivity index (χ2v) is 5.23. The van der Waals surface area contributed by atoms with Crippen molar-refractivity contribution >= 4 is 6.09 Å². The third-order valence-corrected chi connectivity index (χ3v) is 3.36. The average molecular weight is 275 g/mol. The third-order valence-electron chi connectivity index (χ3n) is 3.36. The summed E-state index contributed by atoms with van der Waals surface area (Å²) in [7, 11) is 1.36. The second-order valence-electron chi connectivity index (χ2n) is 5.23. The minimum Gasteiger partial charge on any atom is -0.453 e. The largest absolute Gasteiger partial charge is 0.453 e. The van der Waals surface area contributed by atoms with Crippen molar-refractivity contribution in [3.8, 4) is 11.8 Å². The van der Waals surface area contributed by atoms with E-state index in [0.29, 0.717) is 24.2 Å². The Kier molecular flexibility index (Phi) is 4.29. The van der Waals surface area contributed by atoms with E-state index in [0.717, 1.165) is 0 Å². The van der Waals surface area contributed by atoms with Gasteiger partial charge in [0, 0.05) is 18.7 Å². The number of benzene rings is 1. The summed E-state index contributed by atoms with van der Waals surface area (Å²) in [6.07, 6.45) is -0.324. The van der Waals surface area contributed by atoms with Gasteiger partial charge in [-0.2, -0.15) is 0 Å². The van der Waals surface area contributed by atoms with Crippen LogP contribution in [0.1, 0.15) is 30.9 Å². The highest BCUT2D eigenvalue weighted by atomic mass is 19.1. The third kappa shape index (κ3) is 3.11. The monoisotopic (exact) mass is 275 g/mol. The van der Waals surface area contributed by atoms with Crippen molar-refractivity contribution in [2.45, 2.75) is 19.8 Å². The lowest BCUT2D eigenvalue weighted by molar-refractivity contribution is 0.0833. The summed E-state index contributed by atoms with van der Waals surface area (Å²) < 4.78 is 18.4. The van der Waals surface area contributed by atoms with Crippen LogP contribution in [0.15, 0.2) is 18.2 Å². The van der Waals surface area contributed by atoms with Crippen molar-refractivity contribution < 1.29 is 13.9 Å². The van der Waals surface area contributed by atoms with Crippen LogP contribution in [0.5, 0.6) is 0 Å². The molecular formula is C16H18FNO2. The van der Waals surface area contributed by atoms with Crippen LogP contribution in [0.25, 0.3) is 0 Å². The first kappa shape index (κ1) is 14.4. The molecule has 0 spiro atoms. The van der Waals surface area contributed by atoms with E-state index in [1.165, 1.54) is 13.2 Å². The molecule has 1 amide bonds. The first-order valence-electron chi connectivity index (χ1n) is 6.65. The lowest BCUT2D eigenvalue weighted by Crippen LogP contribution is -2.49. The van der Waals surface area contributed by atoms with Crippen molar-refractivity contribution in [2.75, 3.05) is 20.2 Å². The van der Waals surface area contributed by atoms with Crippen LogP contribution in [-0.4, -0.2) is 31.2 Å². The van der Waals surface area contributed by atoms with Gasteiger partial charge >= 0.3 is 6.09 Å². The predicted octanol–water partition coefficient (Wildman–Crippen LogP) is 3.00. The maximum absolute atomic E-state index is 13.8. The molecule has 3 nitrogen and oxygen atoms in total. The minimum atomic E-state index is -0.324. The molecule has 0 aliphatic carbocycles. The fourth-order valence-electron chi connectivity index (χ4n) is 2.11. The molecule has 1 aromatic carbocycles. The van der Waals surface area contributed by atoms with E-state index in [2.05, 4.69) is 16.6 Å². The maximum Gasteiger partial charge on any atom is 0.409 e.